The third kappa shape index (κ3) is 3.37. The molecule has 0 fully saturated rings. The molecule has 0 amide bonds. The molecule has 21 heavy (non-hydrogen) atoms. The van der Waals surface area contributed by atoms with Crippen molar-refractivity contribution in [2.24, 2.45) is 0 Å². The third-order valence-electron chi connectivity index (χ3n) is 3.22. The number of phenols is 1. The number of phenolic OH excluding ortho intramolecular Hbond substituents is 1. The molecule has 0 aromatic heterocycles. The van der Waals surface area contributed by atoms with Crippen LogP contribution in [-0.2, 0) is 6.54 Å². The highest BCUT2D eigenvalue weighted by Gasteiger charge is 2.11. The van der Waals surface area contributed by atoms with Crippen LogP contribution in [0.3, 0.4) is 0 Å². The zero-order valence-electron chi connectivity index (χ0n) is 12.2. The van der Waals surface area contributed by atoms with Crippen molar-refractivity contribution < 1.29 is 19.0 Å². The maximum absolute atomic E-state index is 13.3. The van der Waals surface area contributed by atoms with Gasteiger partial charge in [-0.05, 0) is 42.3 Å². The van der Waals surface area contributed by atoms with Crippen molar-refractivity contribution in [3.8, 4) is 17.2 Å². The molecule has 0 aliphatic heterocycles. The van der Waals surface area contributed by atoms with Gasteiger partial charge in [-0.2, -0.15) is 0 Å². The Kier molecular flexibility index (Phi) is 4.52. The van der Waals surface area contributed by atoms with E-state index in [1.165, 1.54) is 26.4 Å². The molecule has 2 aromatic carbocycles. The molecule has 0 unspecified atom stereocenters. The number of halogens is 1. The van der Waals surface area contributed by atoms with Crippen LogP contribution >= 0.6 is 0 Å². The summed E-state index contributed by atoms with van der Waals surface area (Å²) >= 11 is 0. The summed E-state index contributed by atoms with van der Waals surface area (Å²) in [6.07, 6.45) is 0. The molecule has 5 heteroatoms. The van der Waals surface area contributed by atoms with Crippen molar-refractivity contribution in [3.63, 3.8) is 0 Å². The molecule has 0 aliphatic rings. The molecule has 2 aromatic rings. The second-order valence-corrected chi connectivity index (χ2v) is 4.66. The minimum atomic E-state index is -0.288. The van der Waals surface area contributed by atoms with E-state index in [0.717, 1.165) is 16.8 Å². The second kappa shape index (κ2) is 6.35. The number of aromatic hydroxyl groups is 1. The Balaban J connectivity index is 2.22. The van der Waals surface area contributed by atoms with Gasteiger partial charge in [0.2, 0.25) is 5.75 Å². The molecule has 0 atom stereocenters. The number of ether oxygens (including phenoxy) is 2. The lowest BCUT2D eigenvalue weighted by molar-refractivity contribution is 0.339. The van der Waals surface area contributed by atoms with E-state index >= 15 is 0 Å². The summed E-state index contributed by atoms with van der Waals surface area (Å²) < 4.78 is 23.5. The molecule has 0 radical (unpaired) electrons. The van der Waals surface area contributed by atoms with E-state index in [0.29, 0.717) is 18.0 Å². The summed E-state index contributed by atoms with van der Waals surface area (Å²) in [6.45, 7) is 2.36. The molecule has 4 nitrogen and oxygen atoms in total. The Hall–Kier alpha value is -2.43. The maximum Gasteiger partial charge on any atom is 0.200 e. The van der Waals surface area contributed by atoms with Gasteiger partial charge in [-0.25, -0.2) is 4.39 Å². The predicted molar refractivity (Wildman–Crippen MR) is 79.7 cm³/mol. The summed E-state index contributed by atoms with van der Waals surface area (Å²) in [5.74, 6) is 0.346. The van der Waals surface area contributed by atoms with Gasteiger partial charge in [-0.1, -0.05) is 6.07 Å². The molecule has 0 aliphatic carbocycles. The van der Waals surface area contributed by atoms with Crippen LogP contribution in [0, 0.1) is 12.7 Å². The Labute approximate surface area is 123 Å². The lowest BCUT2D eigenvalue weighted by atomic mass is 10.1. The number of hydrogen-bond donors (Lipinski definition) is 2. The highest BCUT2D eigenvalue weighted by Crippen LogP contribution is 2.37. The van der Waals surface area contributed by atoms with Gasteiger partial charge in [0.1, 0.15) is 5.82 Å². The van der Waals surface area contributed by atoms with E-state index in [4.69, 9.17) is 9.47 Å². The van der Waals surface area contributed by atoms with Gasteiger partial charge in [0.05, 0.1) is 14.2 Å². The number of hydrogen-bond acceptors (Lipinski definition) is 4. The first-order valence-electron chi connectivity index (χ1n) is 6.49. The first-order chi connectivity index (χ1) is 10.0. The van der Waals surface area contributed by atoms with E-state index in [2.05, 4.69) is 5.32 Å². The average Bonchev–Trinajstić information content (AvgIpc) is 2.49. The van der Waals surface area contributed by atoms with Crippen LogP contribution in [0.4, 0.5) is 10.1 Å². The third-order valence-corrected chi connectivity index (χ3v) is 3.22. The van der Waals surface area contributed by atoms with E-state index in [1.807, 2.05) is 6.92 Å². The summed E-state index contributed by atoms with van der Waals surface area (Å²) in [5.41, 5.74) is 2.53. The van der Waals surface area contributed by atoms with Crippen LogP contribution in [0.15, 0.2) is 30.3 Å². The zero-order chi connectivity index (χ0) is 15.4. The van der Waals surface area contributed by atoms with Crippen molar-refractivity contribution in [2.45, 2.75) is 13.5 Å². The van der Waals surface area contributed by atoms with Gasteiger partial charge in [0.25, 0.3) is 0 Å². The molecule has 2 rings (SSSR count). The van der Waals surface area contributed by atoms with Gasteiger partial charge in [0, 0.05) is 12.2 Å². The minimum Gasteiger partial charge on any atom is -0.502 e. The summed E-state index contributed by atoms with van der Waals surface area (Å²) in [6, 6.07) is 8.01. The average molecular weight is 291 g/mol. The van der Waals surface area contributed by atoms with Crippen molar-refractivity contribution in [3.05, 3.63) is 47.3 Å². The first-order valence-corrected chi connectivity index (χ1v) is 6.49. The van der Waals surface area contributed by atoms with Crippen LogP contribution in [0.5, 0.6) is 17.2 Å². The Bertz CT molecular complexity index is 618. The number of benzene rings is 2. The van der Waals surface area contributed by atoms with Crippen molar-refractivity contribution in [2.75, 3.05) is 19.5 Å². The molecule has 2 N–H and O–H groups in total. The van der Waals surface area contributed by atoms with Crippen molar-refractivity contribution >= 4 is 5.69 Å². The quantitative estimate of drug-likeness (QED) is 0.885. The molecule has 0 heterocycles. The molecular formula is C16H18FNO3. The zero-order valence-corrected chi connectivity index (χ0v) is 12.2. The van der Waals surface area contributed by atoms with Gasteiger partial charge in [-0.3, -0.25) is 0 Å². The Morgan fingerprint density at radius 2 is 1.71 bits per heavy atom. The molecule has 0 saturated carbocycles. The van der Waals surface area contributed by atoms with E-state index in [1.54, 1.807) is 18.2 Å². The fraction of sp³-hybridized carbons (Fsp3) is 0.250. The number of rotatable bonds is 5. The second-order valence-electron chi connectivity index (χ2n) is 4.66. The maximum atomic E-state index is 13.3. The van der Waals surface area contributed by atoms with Gasteiger partial charge < -0.3 is 19.9 Å². The van der Waals surface area contributed by atoms with Crippen LogP contribution in [0.2, 0.25) is 0 Å². The highest BCUT2D eigenvalue weighted by atomic mass is 19.1. The molecule has 0 spiro atoms. The Morgan fingerprint density at radius 1 is 1.10 bits per heavy atom. The van der Waals surface area contributed by atoms with Crippen LogP contribution in [0.1, 0.15) is 11.1 Å². The topological polar surface area (TPSA) is 50.7 Å². The molecule has 0 bridgehead atoms. The van der Waals surface area contributed by atoms with Crippen molar-refractivity contribution in [1.82, 2.24) is 0 Å². The normalized spacial score (nSPS) is 10.3. The number of methoxy groups -OCH3 is 2. The lowest BCUT2D eigenvalue weighted by Crippen LogP contribution is -2.02. The number of aryl methyl sites for hydroxylation is 1. The van der Waals surface area contributed by atoms with Gasteiger partial charge in [-0.15, -0.1) is 0 Å². The van der Waals surface area contributed by atoms with Crippen molar-refractivity contribution in [1.29, 1.82) is 0 Å². The highest BCUT2D eigenvalue weighted by molar-refractivity contribution is 5.55. The summed E-state index contributed by atoms with van der Waals surface area (Å²) in [4.78, 5) is 0. The van der Waals surface area contributed by atoms with E-state index in [9.17, 15) is 9.50 Å². The van der Waals surface area contributed by atoms with E-state index in [-0.39, 0.29) is 11.6 Å². The molecular weight excluding hydrogens is 273 g/mol. The predicted octanol–water partition coefficient (Wildman–Crippen LogP) is 3.47. The first kappa shape index (κ1) is 15.0. The largest absolute Gasteiger partial charge is 0.502 e. The monoisotopic (exact) mass is 291 g/mol. The number of nitrogens with one attached hydrogen (secondary N) is 1. The molecule has 112 valence electrons. The SMILES string of the molecule is COc1cc(CNc2cc(F)ccc2C)cc(OC)c1O. The fourth-order valence-corrected chi connectivity index (χ4v) is 2.03. The van der Waals surface area contributed by atoms with Crippen LogP contribution in [-0.4, -0.2) is 19.3 Å². The summed E-state index contributed by atoms with van der Waals surface area (Å²) in [5, 5.41) is 13.0. The van der Waals surface area contributed by atoms with E-state index < -0.39 is 0 Å². The lowest BCUT2D eigenvalue weighted by Gasteiger charge is -2.13. The number of anilines is 1. The molecule has 0 saturated heterocycles. The Morgan fingerprint density at radius 3 is 2.29 bits per heavy atom. The minimum absolute atomic E-state index is 0.0364. The van der Waals surface area contributed by atoms with Gasteiger partial charge in [0.15, 0.2) is 11.5 Å². The van der Waals surface area contributed by atoms with Crippen LogP contribution in [0.25, 0.3) is 0 Å². The van der Waals surface area contributed by atoms with Gasteiger partial charge >= 0.3 is 0 Å². The van der Waals surface area contributed by atoms with Crippen LogP contribution < -0.4 is 14.8 Å². The summed E-state index contributed by atoms with van der Waals surface area (Å²) in [7, 11) is 2.95. The fourth-order valence-electron chi connectivity index (χ4n) is 2.03. The standard InChI is InChI=1S/C16H18FNO3/c1-10-4-5-12(17)8-13(10)18-9-11-6-14(20-2)16(19)15(7-11)21-3/h4-8,18-19H,9H2,1-3H3. The smallest absolute Gasteiger partial charge is 0.200 e.